The summed E-state index contributed by atoms with van der Waals surface area (Å²) in [5.74, 6) is -0.365. The Morgan fingerprint density at radius 3 is 2.85 bits per heavy atom. The summed E-state index contributed by atoms with van der Waals surface area (Å²) in [5.41, 5.74) is 4.44. The van der Waals surface area contributed by atoms with E-state index in [0.717, 1.165) is 15.8 Å². The van der Waals surface area contributed by atoms with E-state index in [9.17, 15) is 9.18 Å². The van der Waals surface area contributed by atoms with Crippen molar-refractivity contribution in [3.8, 4) is 5.75 Å². The predicted octanol–water partition coefficient (Wildman–Crippen LogP) is 4.02. The van der Waals surface area contributed by atoms with E-state index in [2.05, 4.69) is 15.5 Å². The minimum atomic E-state index is -0.477. The zero-order valence-corrected chi connectivity index (χ0v) is 15.7. The number of ether oxygens (including phenoxy) is 1. The van der Waals surface area contributed by atoms with Crippen molar-refractivity contribution < 1.29 is 13.9 Å². The highest BCUT2D eigenvalue weighted by Crippen LogP contribution is 2.25. The lowest BCUT2D eigenvalue weighted by Crippen LogP contribution is -2.21. The molecule has 0 fully saturated rings. The molecule has 3 aromatic rings. The van der Waals surface area contributed by atoms with Gasteiger partial charge in [-0.25, -0.2) is 9.82 Å². The average Bonchev–Trinajstić information content (AvgIpc) is 2.70. The number of thioether (sulfide) groups is 1. The molecule has 5 nitrogen and oxygen atoms in total. The number of methoxy groups -OCH3 is 1. The lowest BCUT2D eigenvalue weighted by molar-refractivity contribution is -0.118. The number of para-hydroxylation sites is 1. The second-order valence-corrected chi connectivity index (χ2v) is 6.72. The number of amides is 1. The van der Waals surface area contributed by atoms with Gasteiger partial charge in [0.1, 0.15) is 0 Å². The molecule has 1 N–H and O–H groups in total. The number of nitrogens with zero attached hydrogens (tertiary/aromatic N) is 2. The molecule has 0 unspecified atom stereocenters. The number of halogens is 1. The Labute approximate surface area is 160 Å². The van der Waals surface area contributed by atoms with Crippen molar-refractivity contribution >= 4 is 34.3 Å². The van der Waals surface area contributed by atoms with Crippen molar-refractivity contribution in [3.05, 3.63) is 66.1 Å². The highest BCUT2D eigenvalue weighted by molar-refractivity contribution is 8.00. The molecule has 0 saturated carbocycles. The number of hydrogen-bond acceptors (Lipinski definition) is 5. The van der Waals surface area contributed by atoms with Crippen LogP contribution < -0.4 is 10.2 Å². The topological polar surface area (TPSA) is 63.6 Å². The van der Waals surface area contributed by atoms with Crippen LogP contribution in [0.4, 0.5) is 4.39 Å². The van der Waals surface area contributed by atoms with E-state index in [1.165, 1.54) is 31.0 Å². The van der Waals surface area contributed by atoms with Crippen molar-refractivity contribution in [2.45, 2.75) is 11.8 Å². The molecule has 0 aliphatic heterocycles. The van der Waals surface area contributed by atoms with Crippen LogP contribution >= 0.6 is 11.8 Å². The van der Waals surface area contributed by atoms with Crippen molar-refractivity contribution in [2.24, 2.45) is 5.10 Å². The van der Waals surface area contributed by atoms with Gasteiger partial charge in [0.15, 0.2) is 11.6 Å². The summed E-state index contributed by atoms with van der Waals surface area (Å²) in [6.45, 7) is 1.70. The second-order valence-electron chi connectivity index (χ2n) is 5.70. The number of carbonyl (C=O) groups excluding carboxylic acids is 1. The molecule has 0 aliphatic rings. The Hall–Kier alpha value is -2.93. The summed E-state index contributed by atoms with van der Waals surface area (Å²) in [6, 6.07) is 14.2. The highest BCUT2D eigenvalue weighted by Gasteiger charge is 2.08. The number of pyridine rings is 1. The van der Waals surface area contributed by atoms with Crippen LogP contribution in [-0.2, 0) is 4.79 Å². The minimum absolute atomic E-state index is 0.163. The number of hydrogen-bond donors (Lipinski definition) is 1. The Balaban J connectivity index is 1.62. The molecule has 1 heterocycles. The fourth-order valence-corrected chi connectivity index (χ4v) is 3.30. The SMILES string of the molecule is COc1ccc(/C(C)=N\NC(=O)CSc2cccc3cccnc23)cc1F. The number of fused-ring (bicyclic) bond motifs is 1. The van der Waals surface area contributed by atoms with Gasteiger partial charge in [0.05, 0.1) is 24.1 Å². The zero-order valence-electron chi connectivity index (χ0n) is 14.9. The Morgan fingerprint density at radius 2 is 2.07 bits per heavy atom. The predicted molar refractivity (Wildman–Crippen MR) is 106 cm³/mol. The average molecular weight is 383 g/mol. The van der Waals surface area contributed by atoms with Crippen molar-refractivity contribution in [1.29, 1.82) is 0 Å². The van der Waals surface area contributed by atoms with E-state index in [4.69, 9.17) is 4.74 Å². The first-order valence-electron chi connectivity index (χ1n) is 8.22. The van der Waals surface area contributed by atoms with Gasteiger partial charge in [-0.15, -0.1) is 11.8 Å². The van der Waals surface area contributed by atoms with Crippen molar-refractivity contribution in [3.63, 3.8) is 0 Å². The summed E-state index contributed by atoms with van der Waals surface area (Å²) >= 11 is 1.39. The summed E-state index contributed by atoms with van der Waals surface area (Å²) < 4.78 is 18.7. The number of benzene rings is 2. The third kappa shape index (κ3) is 4.62. The second kappa shape index (κ2) is 8.64. The van der Waals surface area contributed by atoms with Crippen molar-refractivity contribution in [2.75, 3.05) is 12.9 Å². The molecule has 7 heteroatoms. The molecule has 27 heavy (non-hydrogen) atoms. The molecular weight excluding hydrogens is 365 g/mol. The van der Waals surface area contributed by atoms with Crippen LogP contribution in [-0.4, -0.2) is 29.5 Å². The molecule has 0 saturated heterocycles. The van der Waals surface area contributed by atoms with Crippen LogP contribution in [0.5, 0.6) is 5.75 Å². The Bertz CT molecular complexity index is 1000. The number of rotatable bonds is 6. The molecule has 0 radical (unpaired) electrons. The first-order valence-corrected chi connectivity index (χ1v) is 9.20. The lowest BCUT2D eigenvalue weighted by Gasteiger charge is -2.06. The van der Waals surface area contributed by atoms with Crippen LogP contribution in [0.2, 0.25) is 0 Å². The first kappa shape index (κ1) is 18.8. The molecule has 0 spiro atoms. The van der Waals surface area contributed by atoms with Gasteiger partial charge in [-0.1, -0.05) is 18.2 Å². The van der Waals surface area contributed by atoms with Crippen molar-refractivity contribution in [1.82, 2.24) is 10.4 Å². The smallest absolute Gasteiger partial charge is 0.250 e. The van der Waals surface area contributed by atoms with E-state index in [1.54, 1.807) is 19.2 Å². The fraction of sp³-hybridized carbons (Fsp3) is 0.150. The van der Waals surface area contributed by atoms with Gasteiger partial charge < -0.3 is 4.74 Å². The van der Waals surface area contributed by atoms with Gasteiger partial charge in [0, 0.05) is 22.0 Å². The van der Waals surface area contributed by atoms with Crippen LogP contribution in [0.1, 0.15) is 12.5 Å². The van der Waals surface area contributed by atoms with E-state index < -0.39 is 5.82 Å². The molecule has 0 aliphatic carbocycles. The van der Waals surface area contributed by atoms with Crippen LogP contribution in [0.3, 0.4) is 0 Å². The number of aromatic nitrogens is 1. The van der Waals surface area contributed by atoms with Crippen LogP contribution in [0, 0.1) is 5.82 Å². The van der Waals surface area contributed by atoms with Gasteiger partial charge in [-0.3, -0.25) is 9.78 Å². The molecule has 2 aromatic carbocycles. The largest absolute Gasteiger partial charge is 0.494 e. The molecule has 138 valence electrons. The van der Waals surface area contributed by atoms with Crippen LogP contribution in [0.15, 0.2) is 64.7 Å². The van der Waals surface area contributed by atoms with Gasteiger partial charge in [-0.05, 0) is 37.3 Å². The van der Waals surface area contributed by atoms with Gasteiger partial charge in [0.2, 0.25) is 5.91 Å². The highest BCUT2D eigenvalue weighted by atomic mass is 32.2. The maximum absolute atomic E-state index is 13.8. The normalized spacial score (nSPS) is 11.4. The Morgan fingerprint density at radius 1 is 1.26 bits per heavy atom. The standard InChI is InChI=1S/C20H18FN3O2S/c1-13(15-8-9-17(26-2)16(21)11-15)23-24-19(25)12-27-18-7-3-5-14-6-4-10-22-20(14)18/h3-11H,12H2,1-2H3,(H,24,25)/b23-13-. The molecule has 3 rings (SSSR count). The molecule has 0 bridgehead atoms. The van der Waals surface area contributed by atoms with E-state index in [0.29, 0.717) is 11.3 Å². The monoisotopic (exact) mass is 383 g/mol. The van der Waals surface area contributed by atoms with E-state index in [1.807, 2.05) is 30.3 Å². The van der Waals surface area contributed by atoms with E-state index in [-0.39, 0.29) is 17.4 Å². The number of nitrogens with one attached hydrogen (secondary N) is 1. The van der Waals surface area contributed by atoms with Crippen LogP contribution in [0.25, 0.3) is 10.9 Å². The number of hydrazone groups is 1. The quantitative estimate of drug-likeness (QED) is 0.397. The minimum Gasteiger partial charge on any atom is -0.494 e. The Kier molecular flexibility index (Phi) is 6.03. The molecule has 0 atom stereocenters. The van der Waals surface area contributed by atoms with E-state index >= 15 is 0 Å². The maximum atomic E-state index is 13.8. The molecule has 1 amide bonds. The third-order valence-electron chi connectivity index (χ3n) is 3.87. The molecular formula is C20H18FN3O2S. The number of carbonyl (C=O) groups is 1. The van der Waals surface area contributed by atoms with Gasteiger partial charge in [-0.2, -0.15) is 5.10 Å². The summed E-state index contributed by atoms with van der Waals surface area (Å²) in [4.78, 5) is 17.4. The summed E-state index contributed by atoms with van der Waals surface area (Å²) in [6.07, 6.45) is 1.73. The zero-order chi connectivity index (χ0) is 19.2. The maximum Gasteiger partial charge on any atom is 0.250 e. The van der Waals surface area contributed by atoms with Gasteiger partial charge in [0.25, 0.3) is 0 Å². The lowest BCUT2D eigenvalue weighted by atomic mass is 10.1. The van der Waals surface area contributed by atoms with Gasteiger partial charge >= 0.3 is 0 Å². The summed E-state index contributed by atoms with van der Waals surface area (Å²) in [5, 5.41) is 5.07. The first-order chi connectivity index (χ1) is 13.1. The third-order valence-corrected chi connectivity index (χ3v) is 4.92. The summed E-state index contributed by atoms with van der Waals surface area (Å²) in [7, 11) is 1.41. The molecule has 1 aromatic heterocycles. The fourth-order valence-electron chi connectivity index (χ4n) is 2.47.